The van der Waals surface area contributed by atoms with Crippen LogP contribution in [0.5, 0.6) is 0 Å². The monoisotopic (exact) mass is 317 g/mol. The second-order valence-electron chi connectivity index (χ2n) is 6.76. The minimum absolute atomic E-state index is 0.0830. The predicted molar refractivity (Wildman–Crippen MR) is 85.1 cm³/mol. The molecule has 6 nitrogen and oxygen atoms in total. The van der Waals surface area contributed by atoms with Gasteiger partial charge in [0, 0.05) is 25.0 Å². The standard InChI is InChI=1S/C17H23N3O3/c1-12-7-14(8-13(2)18-12)9-15(21)20-6-4-5-17(11-20)10-19(3)16(22)23-17/h7-8H,4-6,9-11H2,1-3H3. The van der Waals surface area contributed by atoms with Crippen molar-refractivity contribution in [1.29, 1.82) is 0 Å². The maximum Gasteiger partial charge on any atom is 0.410 e. The molecule has 2 fully saturated rings. The Kier molecular flexibility index (Phi) is 4.00. The van der Waals surface area contributed by atoms with Crippen molar-refractivity contribution in [2.45, 2.75) is 38.7 Å². The summed E-state index contributed by atoms with van der Waals surface area (Å²) in [6.07, 6.45) is 1.76. The van der Waals surface area contributed by atoms with Gasteiger partial charge in [0.2, 0.25) is 5.91 Å². The van der Waals surface area contributed by atoms with Crippen molar-refractivity contribution in [2.75, 3.05) is 26.7 Å². The molecule has 0 aliphatic carbocycles. The topological polar surface area (TPSA) is 62.7 Å². The van der Waals surface area contributed by atoms with E-state index in [4.69, 9.17) is 4.74 Å². The molecule has 23 heavy (non-hydrogen) atoms. The zero-order valence-electron chi connectivity index (χ0n) is 14.0. The Hall–Kier alpha value is -2.11. The summed E-state index contributed by atoms with van der Waals surface area (Å²) in [5, 5.41) is 0. The van der Waals surface area contributed by atoms with Crippen molar-refractivity contribution in [3.63, 3.8) is 0 Å². The van der Waals surface area contributed by atoms with E-state index in [2.05, 4.69) is 4.98 Å². The van der Waals surface area contributed by atoms with E-state index < -0.39 is 5.60 Å². The number of pyridine rings is 1. The lowest BCUT2D eigenvalue weighted by Crippen LogP contribution is -2.52. The average Bonchev–Trinajstić information content (AvgIpc) is 2.71. The van der Waals surface area contributed by atoms with Gasteiger partial charge in [-0.3, -0.25) is 9.78 Å². The summed E-state index contributed by atoms with van der Waals surface area (Å²) in [4.78, 5) is 32.1. The fraction of sp³-hybridized carbons (Fsp3) is 0.588. The molecule has 1 spiro atoms. The first kappa shape index (κ1) is 15.8. The number of nitrogens with zero attached hydrogens (tertiary/aromatic N) is 3. The molecule has 0 aromatic carbocycles. The van der Waals surface area contributed by atoms with Crippen LogP contribution < -0.4 is 0 Å². The van der Waals surface area contributed by atoms with Crippen LogP contribution in [-0.2, 0) is 16.0 Å². The van der Waals surface area contributed by atoms with Gasteiger partial charge >= 0.3 is 6.09 Å². The molecular formula is C17H23N3O3. The third-order valence-corrected chi connectivity index (χ3v) is 4.53. The summed E-state index contributed by atoms with van der Waals surface area (Å²) < 4.78 is 5.55. The lowest BCUT2D eigenvalue weighted by Gasteiger charge is -2.38. The molecule has 3 heterocycles. The number of likely N-dealkylation sites (tertiary alicyclic amines) is 1. The van der Waals surface area contributed by atoms with Crippen LogP contribution in [0.15, 0.2) is 12.1 Å². The van der Waals surface area contributed by atoms with Gasteiger partial charge in [-0.2, -0.15) is 0 Å². The quantitative estimate of drug-likeness (QED) is 0.832. The second kappa shape index (κ2) is 5.83. The first-order chi connectivity index (χ1) is 10.9. The molecule has 0 saturated carbocycles. The molecule has 2 saturated heterocycles. The van der Waals surface area contributed by atoms with Gasteiger partial charge < -0.3 is 14.5 Å². The fourth-order valence-electron chi connectivity index (χ4n) is 3.62. The summed E-state index contributed by atoms with van der Waals surface area (Å²) >= 11 is 0. The van der Waals surface area contributed by atoms with Crippen LogP contribution >= 0.6 is 0 Å². The summed E-state index contributed by atoms with van der Waals surface area (Å²) in [5.74, 6) is 0.0830. The number of carbonyl (C=O) groups is 2. The number of piperidine rings is 1. The minimum Gasteiger partial charge on any atom is -0.439 e. The van der Waals surface area contributed by atoms with E-state index in [1.54, 1.807) is 11.9 Å². The summed E-state index contributed by atoms with van der Waals surface area (Å²) in [5.41, 5.74) is 2.31. The Morgan fingerprint density at radius 1 is 1.30 bits per heavy atom. The first-order valence-corrected chi connectivity index (χ1v) is 8.03. The van der Waals surface area contributed by atoms with Gasteiger partial charge in [-0.25, -0.2) is 4.79 Å². The van der Waals surface area contributed by atoms with E-state index in [9.17, 15) is 9.59 Å². The molecule has 1 atom stereocenters. The Morgan fingerprint density at radius 3 is 2.61 bits per heavy atom. The maximum atomic E-state index is 12.6. The Morgan fingerprint density at radius 2 is 2.00 bits per heavy atom. The minimum atomic E-state index is -0.524. The largest absolute Gasteiger partial charge is 0.439 e. The van der Waals surface area contributed by atoms with Crippen LogP contribution in [0.2, 0.25) is 0 Å². The molecule has 124 valence electrons. The molecule has 2 amide bonds. The molecular weight excluding hydrogens is 294 g/mol. The molecule has 0 N–H and O–H groups in total. The Bertz CT molecular complexity index is 626. The van der Waals surface area contributed by atoms with Gasteiger partial charge in [0.25, 0.3) is 0 Å². The van der Waals surface area contributed by atoms with Crippen molar-refractivity contribution < 1.29 is 14.3 Å². The van der Waals surface area contributed by atoms with Gasteiger partial charge in [0.05, 0.1) is 19.5 Å². The Labute approximate surface area is 136 Å². The summed E-state index contributed by atoms with van der Waals surface area (Å²) in [7, 11) is 1.74. The molecule has 1 aromatic heterocycles. The van der Waals surface area contributed by atoms with Crippen LogP contribution in [0.3, 0.4) is 0 Å². The van der Waals surface area contributed by atoms with Crippen molar-refractivity contribution in [3.05, 3.63) is 29.1 Å². The molecule has 0 radical (unpaired) electrons. The van der Waals surface area contributed by atoms with Gasteiger partial charge in [0.1, 0.15) is 5.60 Å². The van der Waals surface area contributed by atoms with Crippen molar-refractivity contribution in [1.82, 2.24) is 14.8 Å². The molecule has 6 heteroatoms. The molecule has 0 bridgehead atoms. The molecule has 2 aliphatic heterocycles. The number of hydrogen-bond acceptors (Lipinski definition) is 4. The van der Waals surface area contributed by atoms with E-state index in [0.717, 1.165) is 36.3 Å². The normalized spacial score (nSPS) is 24.2. The van der Waals surface area contributed by atoms with E-state index >= 15 is 0 Å². The lowest BCUT2D eigenvalue weighted by atomic mass is 9.92. The van der Waals surface area contributed by atoms with Crippen molar-refractivity contribution >= 4 is 12.0 Å². The van der Waals surface area contributed by atoms with E-state index in [1.165, 1.54) is 0 Å². The lowest BCUT2D eigenvalue weighted by molar-refractivity contribution is -0.136. The average molecular weight is 317 g/mol. The van der Waals surface area contributed by atoms with Crippen LogP contribution in [0, 0.1) is 13.8 Å². The zero-order chi connectivity index (χ0) is 16.6. The van der Waals surface area contributed by atoms with E-state index in [1.807, 2.05) is 30.9 Å². The second-order valence-corrected chi connectivity index (χ2v) is 6.76. The van der Waals surface area contributed by atoms with Crippen LogP contribution in [0.25, 0.3) is 0 Å². The number of amides is 2. The van der Waals surface area contributed by atoms with Crippen molar-refractivity contribution in [3.8, 4) is 0 Å². The molecule has 1 unspecified atom stereocenters. The maximum absolute atomic E-state index is 12.6. The van der Waals surface area contributed by atoms with Gasteiger partial charge in [-0.1, -0.05) is 0 Å². The summed E-state index contributed by atoms with van der Waals surface area (Å²) in [6, 6.07) is 3.90. The molecule has 3 rings (SSSR count). The van der Waals surface area contributed by atoms with Gasteiger partial charge in [-0.05, 0) is 44.4 Å². The number of aromatic nitrogens is 1. The number of likely N-dealkylation sites (N-methyl/N-ethyl adjacent to an activating group) is 1. The zero-order valence-corrected chi connectivity index (χ0v) is 14.0. The highest BCUT2D eigenvalue weighted by Gasteiger charge is 2.47. The van der Waals surface area contributed by atoms with Crippen LogP contribution in [0.4, 0.5) is 4.79 Å². The molecule has 1 aromatic rings. The molecule has 2 aliphatic rings. The van der Waals surface area contributed by atoms with Crippen molar-refractivity contribution in [2.24, 2.45) is 0 Å². The number of hydrogen-bond donors (Lipinski definition) is 0. The highest BCUT2D eigenvalue weighted by Crippen LogP contribution is 2.31. The van der Waals surface area contributed by atoms with Gasteiger partial charge in [0.15, 0.2) is 0 Å². The Balaban J connectivity index is 1.69. The third kappa shape index (κ3) is 3.30. The van der Waals surface area contributed by atoms with E-state index in [-0.39, 0.29) is 12.0 Å². The highest BCUT2D eigenvalue weighted by molar-refractivity contribution is 5.79. The van der Waals surface area contributed by atoms with Crippen LogP contribution in [-0.4, -0.2) is 59.1 Å². The first-order valence-electron chi connectivity index (χ1n) is 8.03. The smallest absolute Gasteiger partial charge is 0.410 e. The highest BCUT2D eigenvalue weighted by atomic mass is 16.6. The number of ether oxygens (including phenoxy) is 1. The number of carbonyl (C=O) groups excluding carboxylic acids is 2. The number of rotatable bonds is 2. The number of aryl methyl sites for hydroxylation is 2. The van der Waals surface area contributed by atoms with E-state index in [0.29, 0.717) is 19.5 Å². The summed E-state index contributed by atoms with van der Waals surface area (Å²) in [6.45, 7) is 5.65. The third-order valence-electron chi connectivity index (χ3n) is 4.53. The predicted octanol–water partition coefficient (Wildman–Crippen LogP) is 1.68. The van der Waals surface area contributed by atoms with Crippen LogP contribution in [0.1, 0.15) is 29.8 Å². The SMILES string of the molecule is Cc1cc(CC(=O)N2CCCC3(CN(C)C(=O)O3)C2)cc(C)n1. The fourth-order valence-corrected chi connectivity index (χ4v) is 3.62. The van der Waals surface area contributed by atoms with Gasteiger partial charge in [-0.15, -0.1) is 0 Å².